The molecule has 2 rings (SSSR count). The lowest BCUT2D eigenvalue weighted by atomic mass is 10.0. The Hall–Kier alpha value is -1.89. The molecule has 1 amide bonds. The van der Waals surface area contributed by atoms with Gasteiger partial charge in [0.25, 0.3) is 0 Å². The Labute approximate surface area is 123 Å². The van der Waals surface area contributed by atoms with Crippen molar-refractivity contribution in [1.29, 1.82) is 0 Å². The van der Waals surface area contributed by atoms with Crippen molar-refractivity contribution in [2.24, 2.45) is 0 Å². The molecule has 0 saturated carbocycles. The van der Waals surface area contributed by atoms with Crippen molar-refractivity contribution in [3.8, 4) is 0 Å². The first kappa shape index (κ1) is 15.5. The molecule has 1 atom stereocenters. The molecule has 116 valence electrons. The lowest BCUT2D eigenvalue weighted by Gasteiger charge is -2.33. The van der Waals surface area contributed by atoms with Gasteiger partial charge in [-0.1, -0.05) is 11.6 Å². The van der Waals surface area contributed by atoms with Crippen molar-refractivity contribution >= 4 is 17.8 Å². The largest absolute Gasteiger partial charge is 0.465 e. The summed E-state index contributed by atoms with van der Waals surface area (Å²) in [6.07, 6.45) is 2.68. The summed E-state index contributed by atoms with van der Waals surface area (Å²) in [6.45, 7) is 4.77. The Kier molecular flexibility index (Phi) is 5.32. The summed E-state index contributed by atoms with van der Waals surface area (Å²) in [5, 5.41) is 6.35. The average Bonchev–Trinajstić information content (AvgIpc) is 2.84. The van der Waals surface area contributed by atoms with Crippen LogP contribution in [-0.4, -0.2) is 47.7 Å². The molecule has 0 spiro atoms. The van der Waals surface area contributed by atoms with Crippen molar-refractivity contribution in [2.75, 3.05) is 25.0 Å². The number of carbonyl (C=O) groups is 2. The summed E-state index contributed by atoms with van der Waals surface area (Å²) in [5.41, 5.74) is 0.702. The summed E-state index contributed by atoms with van der Waals surface area (Å²) in [7, 11) is 0. The van der Waals surface area contributed by atoms with Crippen LogP contribution in [0.15, 0.2) is 10.6 Å². The Morgan fingerprint density at radius 3 is 3.00 bits per heavy atom. The summed E-state index contributed by atoms with van der Waals surface area (Å²) in [5.74, 6) is -0.148. The number of aryl methyl sites for hydroxylation is 1. The van der Waals surface area contributed by atoms with Gasteiger partial charge in [0.2, 0.25) is 11.8 Å². The monoisotopic (exact) mass is 295 g/mol. The van der Waals surface area contributed by atoms with Gasteiger partial charge in [0.05, 0.1) is 18.8 Å². The van der Waals surface area contributed by atoms with Crippen LogP contribution in [0, 0.1) is 6.92 Å². The number of amides is 1. The van der Waals surface area contributed by atoms with Crippen LogP contribution in [0.3, 0.4) is 0 Å². The Morgan fingerprint density at radius 2 is 2.33 bits per heavy atom. The highest BCUT2D eigenvalue weighted by Crippen LogP contribution is 2.18. The van der Waals surface area contributed by atoms with Crippen molar-refractivity contribution in [3.05, 3.63) is 11.8 Å². The zero-order chi connectivity index (χ0) is 15.2. The highest BCUT2D eigenvalue weighted by molar-refractivity contribution is 5.91. The van der Waals surface area contributed by atoms with Crippen LogP contribution >= 0.6 is 0 Å². The first-order valence-electron chi connectivity index (χ1n) is 7.24. The van der Waals surface area contributed by atoms with E-state index < -0.39 is 0 Å². The third kappa shape index (κ3) is 4.29. The lowest BCUT2D eigenvalue weighted by molar-refractivity contribution is -0.151. The fraction of sp³-hybridized carbons (Fsp3) is 0.643. The topological polar surface area (TPSA) is 84.7 Å². The first-order chi connectivity index (χ1) is 10.1. The first-order valence-corrected chi connectivity index (χ1v) is 7.24. The van der Waals surface area contributed by atoms with E-state index in [-0.39, 0.29) is 24.5 Å². The second-order valence-electron chi connectivity index (χ2n) is 5.11. The zero-order valence-corrected chi connectivity index (χ0v) is 12.4. The van der Waals surface area contributed by atoms with Crippen molar-refractivity contribution in [2.45, 2.75) is 39.2 Å². The molecular weight excluding hydrogens is 274 g/mol. The third-order valence-electron chi connectivity index (χ3n) is 3.41. The molecule has 0 aliphatic carbocycles. The number of rotatable bonds is 5. The van der Waals surface area contributed by atoms with Gasteiger partial charge in [0.15, 0.2) is 0 Å². The van der Waals surface area contributed by atoms with Gasteiger partial charge in [0.1, 0.15) is 6.04 Å². The lowest BCUT2D eigenvalue weighted by Crippen LogP contribution is -2.48. The standard InChI is InChI=1S/C14H21N3O4/c1-3-20-14(19)11-6-4-5-7-17(11)9-12(18)15-13-8-10(2)16-21-13/h8,11H,3-7,9H2,1-2H3,(H,15,18). The van der Waals surface area contributed by atoms with Gasteiger partial charge in [0, 0.05) is 6.07 Å². The minimum atomic E-state index is -0.332. The molecule has 7 heteroatoms. The number of hydrogen-bond acceptors (Lipinski definition) is 6. The molecule has 2 heterocycles. The van der Waals surface area contributed by atoms with Gasteiger partial charge >= 0.3 is 5.97 Å². The van der Waals surface area contributed by atoms with Gasteiger partial charge in [-0.15, -0.1) is 0 Å². The molecule has 1 aromatic rings. The molecule has 21 heavy (non-hydrogen) atoms. The van der Waals surface area contributed by atoms with Crippen molar-refractivity contribution < 1.29 is 18.8 Å². The second kappa shape index (κ2) is 7.21. The smallest absolute Gasteiger partial charge is 0.323 e. The van der Waals surface area contributed by atoms with Crippen molar-refractivity contribution in [3.63, 3.8) is 0 Å². The maximum atomic E-state index is 12.0. The number of hydrogen-bond donors (Lipinski definition) is 1. The normalized spacial score (nSPS) is 19.2. The van der Waals surface area contributed by atoms with Crippen LogP contribution in [0.25, 0.3) is 0 Å². The fourth-order valence-electron chi connectivity index (χ4n) is 2.47. The summed E-state index contributed by atoms with van der Waals surface area (Å²) in [4.78, 5) is 25.8. The maximum Gasteiger partial charge on any atom is 0.323 e. The fourth-order valence-corrected chi connectivity index (χ4v) is 2.47. The van der Waals surface area contributed by atoms with E-state index in [9.17, 15) is 9.59 Å². The van der Waals surface area contributed by atoms with Gasteiger partial charge in [-0.25, -0.2) is 0 Å². The SMILES string of the molecule is CCOC(=O)C1CCCCN1CC(=O)Nc1cc(C)no1. The summed E-state index contributed by atoms with van der Waals surface area (Å²) < 4.78 is 10.0. The number of nitrogens with zero attached hydrogens (tertiary/aromatic N) is 2. The van der Waals surface area contributed by atoms with E-state index in [1.54, 1.807) is 19.9 Å². The number of aromatic nitrogens is 1. The Bertz CT molecular complexity index is 500. The molecule has 1 aliphatic heterocycles. The molecule has 1 N–H and O–H groups in total. The Balaban J connectivity index is 1.92. The Morgan fingerprint density at radius 1 is 1.52 bits per heavy atom. The average molecular weight is 295 g/mol. The van der Waals surface area contributed by atoms with Crippen LogP contribution in [0.1, 0.15) is 31.9 Å². The number of carbonyl (C=O) groups excluding carboxylic acids is 2. The molecule has 1 aromatic heterocycles. The number of ether oxygens (including phenoxy) is 1. The number of esters is 1. The number of piperidine rings is 1. The van der Waals surface area contributed by atoms with Crippen LogP contribution < -0.4 is 5.32 Å². The molecule has 0 bridgehead atoms. The highest BCUT2D eigenvalue weighted by Gasteiger charge is 2.31. The maximum absolute atomic E-state index is 12.0. The second-order valence-corrected chi connectivity index (χ2v) is 5.11. The van der Waals surface area contributed by atoms with E-state index in [1.807, 2.05) is 4.90 Å². The number of nitrogens with one attached hydrogen (secondary N) is 1. The molecule has 0 aromatic carbocycles. The van der Waals surface area contributed by atoms with Crippen LogP contribution in [0.5, 0.6) is 0 Å². The summed E-state index contributed by atoms with van der Waals surface area (Å²) in [6, 6.07) is 1.32. The molecular formula is C14H21N3O4. The molecule has 1 unspecified atom stereocenters. The minimum absolute atomic E-state index is 0.142. The van der Waals surface area contributed by atoms with Gasteiger partial charge < -0.3 is 9.26 Å². The predicted octanol–water partition coefficient (Wildman–Crippen LogP) is 1.34. The quantitative estimate of drug-likeness (QED) is 0.825. The number of likely N-dealkylation sites (tertiary alicyclic amines) is 1. The molecule has 1 saturated heterocycles. The zero-order valence-electron chi connectivity index (χ0n) is 12.4. The van der Waals surface area contributed by atoms with E-state index in [0.29, 0.717) is 24.7 Å². The molecule has 1 aliphatic rings. The van der Waals surface area contributed by atoms with Crippen LogP contribution in [0.4, 0.5) is 5.88 Å². The van der Waals surface area contributed by atoms with E-state index >= 15 is 0 Å². The van der Waals surface area contributed by atoms with Crippen LogP contribution in [0.2, 0.25) is 0 Å². The van der Waals surface area contributed by atoms with Gasteiger partial charge in [-0.05, 0) is 33.2 Å². The minimum Gasteiger partial charge on any atom is -0.465 e. The van der Waals surface area contributed by atoms with Crippen molar-refractivity contribution in [1.82, 2.24) is 10.1 Å². The molecule has 7 nitrogen and oxygen atoms in total. The van der Waals surface area contributed by atoms with E-state index in [1.165, 1.54) is 0 Å². The highest BCUT2D eigenvalue weighted by atomic mass is 16.5. The third-order valence-corrected chi connectivity index (χ3v) is 3.41. The van der Waals surface area contributed by atoms with E-state index in [2.05, 4.69) is 10.5 Å². The number of anilines is 1. The molecule has 0 radical (unpaired) electrons. The van der Waals surface area contributed by atoms with Gasteiger partial charge in [-0.2, -0.15) is 0 Å². The summed E-state index contributed by atoms with van der Waals surface area (Å²) >= 11 is 0. The van der Waals surface area contributed by atoms with E-state index in [4.69, 9.17) is 9.26 Å². The van der Waals surface area contributed by atoms with Crippen LogP contribution in [-0.2, 0) is 14.3 Å². The van der Waals surface area contributed by atoms with E-state index in [0.717, 1.165) is 19.3 Å². The van der Waals surface area contributed by atoms with Gasteiger partial charge in [-0.3, -0.25) is 19.8 Å². The predicted molar refractivity (Wildman–Crippen MR) is 75.7 cm³/mol. The molecule has 1 fully saturated rings.